The van der Waals surface area contributed by atoms with Crippen LogP contribution in [-0.2, 0) is 27.5 Å². The normalized spacial score (nSPS) is 14.6. The van der Waals surface area contributed by atoms with Crippen molar-refractivity contribution in [1.82, 2.24) is 9.78 Å². The molecule has 1 fully saturated rings. The zero-order valence-electron chi connectivity index (χ0n) is 14.1. The molecular formula is C17H20N2O4S2. The van der Waals surface area contributed by atoms with Crippen molar-refractivity contribution in [2.24, 2.45) is 5.92 Å². The second-order valence-electron chi connectivity index (χ2n) is 6.18. The highest BCUT2D eigenvalue weighted by Crippen LogP contribution is 2.30. The van der Waals surface area contributed by atoms with Gasteiger partial charge in [0.25, 0.3) is 15.7 Å². The summed E-state index contributed by atoms with van der Waals surface area (Å²) in [5, 5.41) is 4.48. The number of aromatic nitrogens is 2. The molecule has 134 valence electrons. The van der Waals surface area contributed by atoms with Crippen molar-refractivity contribution in [1.29, 1.82) is 0 Å². The maximum Gasteiger partial charge on any atom is 0.272 e. The molecule has 0 bridgehead atoms. The second kappa shape index (κ2) is 7.31. The van der Waals surface area contributed by atoms with Crippen molar-refractivity contribution in [2.75, 3.05) is 12.5 Å². The summed E-state index contributed by atoms with van der Waals surface area (Å²) in [5.74, 6) is 0.475. The lowest BCUT2D eigenvalue weighted by atomic mass is 10.1. The van der Waals surface area contributed by atoms with Gasteiger partial charge < -0.3 is 0 Å². The molecule has 0 unspecified atom stereocenters. The fourth-order valence-electron chi connectivity index (χ4n) is 2.44. The molecule has 1 aromatic carbocycles. The largest absolute Gasteiger partial charge is 0.272 e. The minimum absolute atomic E-state index is 0.277. The lowest BCUT2D eigenvalue weighted by Crippen LogP contribution is -2.28. The van der Waals surface area contributed by atoms with Crippen molar-refractivity contribution in [2.45, 2.75) is 30.9 Å². The number of hydrogen-bond donors (Lipinski definition) is 0. The van der Waals surface area contributed by atoms with Crippen LogP contribution in [0.2, 0.25) is 0 Å². The Bertz CT molecular complexity index is 917. The molecular weight excluding hydrogens is 360 g/mol. The Morgan fingerprint density at radius 2 is 1.96 bits per heavy atom. The number of nitrogens with zero attached hydrogens (tertiary/aromatic N) is 2. The highest BCUT2D eigenvalue weighted by molar-refractivity contribution is 7.98. The van der Waals surface area contributed by atoms with Crippen LogP contribution < -0.4 is 5.56 Å². The first-order chi connectivity index (χ1) is 11.9. The van der Waals surface area contributed by atoms with E-state index in [1.54, 1.807) is 17.8 Å². The molecule has 0 atom stereocenters. The van der Waals surface area contributed by atoms with Gasteiger partial charge in [-0.05, 0) is 43.2 Å². The van der Waals surface area contributed by atoms with Gasteiger partial charge in [-0.2, -0.15) is 13.5 Å². The summed E-state index contributed by atoms with van der Waals surface area (Å²) in [5.41, 5.74) is 1.52. The van der Waals surface area contributed by atoms with E-state index in [4.69, 9.17) is 4.18 Å². The van der Waals surface area contributed by atoms with Gasteiger partial charge in [0.15, 0.2) is 0 Å². The predicted octanol–water partition coefficient (Wildman–Crippen LogP) is 2.52. The van der Waals surface area contributed by atoms with Crippen molar-refractivity contribution >= 4 is 21.9 Å². The van der Waals surface area contributed by atoms with Gasteiger partial charge in [-0.15, -0.1) is 11.8 Å². The zero-order chi connectivity index (χ0) is 18.0. The number of benzene rings is 1. The van der Waals surface area contributed by atoms with Crippen LogP contribution in [0, 0.1) is 5.92 Å². The van der Waals surface area contributed by atoms with E-state index in [-0.39, 0.29) is 12.2 Å². The monoisotopic (exact) mass is 380 g/mol. The molecule has 1 aromatic heterocycles. The third kappa shape index (κ3) is 4.93. The summed E-state index contributed by atoms with van der Waals surface area (Å²) in [6.07, 6.45) is 5.16. The Morgan fingerprint density at radius 1 is 1.28 bits per heavy atom. The minimum Gasteiger partial charge on any atom is -0.267 e. The molecule has 0 saturated heterocycles. The maximum absolute atomic E-state index is 12.6. The van der Waals surface area contributed by atoms with Crippen molar-refractivity contribution < 1.29 is 12.6 Å². The first-order valence-electron chi connectivity index (χ1n) is 7.95. The van der Waals surface area contributed by atoms with E-state index in [0.717, 1.165) is 29.6 Å². The van der Waals surface area contributed by atoms with Crippen LogP contribution in [0.1, 0.15) is 18.4 Å². The topological polar surface area (TPSA) is 78.3 Å². The Morgan fingerprint density at radius 3 is 2.52 bits per heavy atom. The molecule has 3 rings (SSSR count). The first kappa shape index (κ1) is 18.2. The lowest BCUT2D eigenvalue weighted by Gasteiger charge is -2.11. The molecule has 0 radical (unpaired) electrons. The van der Waals surface area contributed by atoms with Gasteiger partial charge in [0.1, 0.15) is 0 Å². The molecule has 8 heteroatoms. The molecule has 0 spiro atoms. The van der Waals surface area contributed by atoms with Gasteiger partial charge in [0.05, 0.1) is 18.6 Å². The van der Waals surface area contributed by atoms with Crippen LogP contribution in [-0.4, -0.2) is 30.7 Å². The Labute approximate surface area is 151 Å². The molecule has 1 saturated carbocycles. The Hall–Kier alpha value is -1.64. The zero-order valence-corrected chi connectivity index (χ0v) is 15.8. The van der Waals surface area contributed by atoms with Gasteiger partial charge >= 0.3 is 0 Å². The van der Waals surface area contributed by atoms with Crippen LogP contribution in [0.4, 0.5) is 0 Å². The van der Waals surface area contributed by atoms with Crippen LogP contribution in [0.3, 0.4) is 0 Å². The first-order valence-corrected chi connectivity index (χ1v) is 11.0. The van der Waals surface area contributed by atoms with Gasteiger partial charge in [0.2, 0.25) is 0 Å². The number of rotatable bonds is 7. The minimum atomic E-state index is -3.62. The summed E-state index contributed by atoms with van der Waals surface area (Å²) < 4.78 is 28.8. The van der Waals surface area contributed by atoms with E-state index in [1.807, 2.05) is 30.5 Å². The van der Waals surface area contributed by atoms with Crippen molar-refractivity contribution in [3.05, 3.63) is 46.2 Å². The molecule has 0 N–H and O–H groups in total. The average molecular weight is 380 g/mol. The van der Waals surface area contributed by atoms with Gasteiger partial charge in [-0.3, -0.25) is 8.98 Å². The summed E-state index contributed by atoms with van der Waals surface area (Å²) in [4.78, 5) is 13.7. The summed E-state index contributed by atoms with van der Waals surface area (Å²) in [6.45, 7) is 0.280. The fraction of sp³-hybridized carbons (Fsp3) is 0.412. The lowest BCUT2D eigenvalue weighted by molar-refractivity contribution is 0.308. The van der Waals surface area contributed by atoms with E-state index < -0.39 is 10.1 Å². The molecule has 1 aliphatic carbocycles. The van der Waals surface area contributed by atoms with Crippen molar-refractivity contribution in [3.8, 4) is 11.3 Å². The van der Waals surface area contributed by atoms with Gasteiger partial charge in [0, 0.05) is 22.6 Å². The summed E-state index contributed by atoms with van der Waals surface area (Å²) in [7, 11) is -3.62. The van der Waals surface area contributed by atoms with E-state index >= 15 is 0 Å². The molecule has 0 aliphatic heterocycles. The smallest absolute Gasteiger partial charge is 0.267 e. The predicted molar refractivity (Wildman–Crippen MR) is 98.1 cm³/mol. The standard InChI is InChI=1S/C17H20N2O4S2/c1-24-15-7-5-13(6-8-15)16-9-14(11-23-25(2,21)22)17(20)19(18-16)10-12-3-4-12/h5-9,12H,3-4,10-11H2,1-2H3. The fourth-order valence-corrected chi connectivity index (χ4v) is 3.19. The van der Waals surface area contributed by atoms with E-state index in [2.05, 4.69) is 5.10 Å². The molecule has 1 heterocycles. The van der Waals surface area contributed by atoms with E-state index in [9.17, 15) is 13.2 Å². The molecule has 25 heavy (non-hydrogen) atoms. The van der Waals surface area contributed by atoms with Gasteiger partial charge in [-0.1, -0.05) is 12.1 Å². The molecule has 0 amide bonds. The van der Waals surface area contributed by atoms with Crippen LogP contribution in [0.25, 0.3) is 11.3 Å². The maximum atomic E-state index is 12.6. The Kier molecular flexibility index (Phi) is 5.31. The quantitative estimate of drug-likeness (QED) is 0.542. The van der Waals surface area contributed by atoms with Crippen LogP contribution >= 0.6 is 11.8 Å². The highest BCUT2D eigenvalue weighted by atomic mass is 32.2. The number of thioether (sulfide) groups is 1. The average Bonchev–Trinajstić information content (AvgIpc) is 3.39. The molecule has 2 aromatic rings. The summed E-state index contributed by atoms with van der Waals surface area (Å²) >= 11 is 1.65. The number of hydrogen-bond acceptors (Lipinski definition) is 6. The van der Waals surface area contributed by atoms with E-state index in [0.29, 0.717) is 23.7 Å². The second-order valence-corrected chi connectivity index (χ2v) is 8.70. The van der Waals surface area contributed by atoms with Crippen molar-refractivity contribution in [3.63, 3.8) is 0 Å². The summed E-state index contributed by atoms with van der Waals surface area (Å²) in [6, 6.07) is 9.49. The third-order valence-electron chi connectivity index (χ3n) is 3.99. The van der Waals surface area contributed by atoms with Crippen LogP contribution in [0.5, 0.6) is 0 Å². The third-order valence-corrected chi connectivity index (χ3v) is 5.28. The Balaban J connectivity index is 1.99. The van der Waals surface area contributed by atoms with Crippen LogP contribution in [0.15, 0.2) is 40.0 Å². The van der Waals surface area contributed by atoms with Gasteiger partial charge in [-0.25, -0.2) is 4.68 Å². The molecule has 6 nitrogen and oxygen atoms in total. The SMILES string of the molecule is CSc1ccc(-c2cc(COS(C)(=O)=O)c(=O)n(CC3CC3)n2)cc1. The highest BCUT2D eigenvalue weighted by Gasteiger charge is 2.24. The molecule has 1 aliphatic rings. The van der Waals surface area contributed by atoms with E-state index in [1.165, 1.54) is 4.68 Å².